The lowest BCUT2D eigenvalue weighted by Gasteiger charge is -2.15. The van der Waals surface area contributed by atoms with E-state index in [-0.39, 0.29) is 12.6 Å². The van der Waals surface area contributed by atoms with Crippen molar-refractivity contribution in [2.75, 3.05) is 6.54 Å². The van der Waals surface area contributed by atoms with E-state index in [2.05, 4.69) is 10.6 Å². The van der Waals surface area contributed by atoms with Crippen LogP contribution in [-0.4, -0.2) is 41.5 Å². The summed E-state index contributed by atoms with van der Waals surface area (Å²) in [5.74, 6) is -2.52. The quantitative estimate of drug-likeness (QED) is 0.429. The van der Waals surface area contributed by atoms with Gasteiger partial charge < -0.3 is 21.5 Å². The van der Waals surface area contributed by atoms with E-state index in [1.807, 2.05) is 13.8 Å². The third kappa shape index (κ3) is 7.29. The predicted octanol–water partition coefficient (Wildman–Crippen LogP) is -1.18. The van der Waals surface area contributed by atoms with Crippen molar-refractivity contribution in [3.8, 4) is 0 Å². The lowest BCUT2D eigenvalue weighted by molar-refractivity contribution is -0.143. The molecule has 0 fully saturated rings. The number of hydrogen-bond acceptors (Lipinski definition) is 4. The largest absolute Gasteiger partial charge is 0.480 e. The van der Waals surface area contributed by atoms with Gasteiger partial charge in [-0.3, -0.25) is 9.59 Å². The van der Waals surface area contributed by atoms with Gasteiger partial charge in [0.25, 0.3) is 0 Å². The number of nitrogens with two attached hydrogens (primary N) is 1. The summed E-state index contributed by atoms with van der Waals surface area (Å²) in [7, 11) is 0. The Morgan fingerprint density at radius 2 is 1.94 bits per heavy atom. The van der Waals surface area contributed by atoms with Crippen molar-refractivity contribution in [3.05, 3.63) is 0 Å². The number of rotatable bonds is 8. The standard InChI is InChI=1S/C10H19N3O4/c1-3-6(2)12-5-9(15)13-7(10(16)17)4-8(11)14/h6-7,12H,3-5H2,1-2H3,(H2,11,14)(H,13,15)(H,16,17)/t6?,7-/m1/s1. The maximum atomic E-state index is 11.4. The first-order valence-corrected chi connectivity index (χ1v) is 5.40. The highest BCUT2D eigenvalue weighted by molar-refractivity contribution is 5.88. The maximum Gasteiger partial charge on any atom is 0.326 e. The number of primary amides is 1. The molecule has 0 aliphatic heterocycles. The zero-order valence-corrected chi connectivity index (χ0v) is 10.0. The molecular weight excluding hydrogens is 226 g/mol. The van der Waals surface area contributed by atoms with E-state index in [9.17, 15) is 14.4 Å². The summed E-state index contributed by atoms with van der Waals surface area (Å²) in [6.07, 6.45) is 0.446. The normalized spacial score (nSPS) is 13.8. The molecule has 0 aromatic heterocycles. The molecule has 0 aliphatic rings. The Bertz CT molecular complexity index is 293. The van der Waals surface area contributed by atoms with Gasteiger partial charge in [-0.25, -0.2) is 4.79 Å². The van der Waals surface area contributed by atoms with Crippen LogP contribution in [0.3, 0.4) is 0 Å². The van der Waals surface area contributed by atoms with Gasteiger partial charge in [-0.05, 0) is 13.3 Å². The SMILES string of the molecule is CCC(C)NCC(=O)N[C@H](CC(N)=O)C(=O)O. The molecule has 17 heavy (non-hydrogen) atoms. The highest BCUT2D eigenvalue weighted by Crippen LogP contribution is 1.92. The van der Waals surface area contributed by atoms with E-state index >= 15 is 0 Å². The van der Waals surface area contributed by atoms with Crippen LogP contribution in [0.25, 0.3) is 0 Å². The third-order valence-corrected chi connectivity index (χ3v) is 2.26. The van der Waals surface area contributed by atoms with Crippen molar-refractivity contribution in [1.29, 1.82) is 0 Å². The molecule has 0 rings (SSSR count). The zero-order chi connectivity index (χ0) is 13.4. The summed E-state index contributed by atoms with van der Waals surface area (Å²) in [5.41, 5.74) is 4.88. The number of hydrogen-bond donors (Lipinski definition) is 4. The van der Waals surface area contributed by atoms with E-state index < -0.39 is 30.2 Å². The number of carboxylic acids is 1. The van der Waals surface area contributed by atoms with Crippen molar-refractivity contribution in [2.24, 2.45) is 5.73 Å². The Morgan fingerprint density at radius 3 is 2.35 bits per heavy atom. The average molecular weight is 245 g/mol. The van der Waals surface area contributed by atoms with Crippen molar-refractivity contribution < 1.29 is 19.5 Å². The molecule has 2 atom stereocenters. The van der Waals surface area contributed by atoms with Gasteiger partial charge in [0.15, 0.2) is 0 Å². The Morgan fingerprint density at radius 1 is 1.35 bits per heavy atom. The molecule has 1 unspecified atom stereocenters. The molecule has 5 N–H and O–H groups in total. The number of carbonyl (C=O) groups excluding carboxylic acids is 2. The smallest absolute Gasteiger partial charge is 0.326 e. The fraction of sp³-hybridized carbons (Fsp3) is 0.700. The first kappa shape index (κ1) is 15.4. The molecule has 0 aliphatic carbocycles. The number of carbonyl (C=O) groups is 3. The van der Waals surface area contributed by atoms with Crippen LogP contribution in [0.4, 0.5) is 0 Å². The molecule has 0 aromatic carbocycles. The summed E-state index contributed by atoms with van der Waals surface area (Å²) in [4.78, 5) is 32.7. The second-order valence-electron chi connectivity index (χ2n) is 3.82. The molecule has 0 aromatic rings. The number of aliphatic carboxylic acids is 1. The van der Waals surface area contributed by atoms with Gasteiger partial charge in [0.1, 0.15) is 6.04 Å². The van der Waals surface area contributed by atoms with E-state index in [1.165, 1.54) is 0 Å². The van der Waals surface area contributed by atoms with Crippen LogP contribution in [0.15, 0.2) is 0 Å². The summed E-state index contributed by atoms with van der Waals surface area (Å²) in [6, 6.07) is -1.10. The maximum absolute atomic E-state index is 11.4. The molecule has 0 bridgehead atoms. The minimum Gasteiger partial charge on any atom is -0.480 e. The number of carboxylic acid groups (broad SMARTS) is 1. The summed E-state index contributed by atoms with van der Waals surface area (Å²) >= 11 is 0. The molecule has 0 radical (unpaired) electrons. The molecule has 0 saturated carbocycles. The minimum atomic E-state index is -1.28. The summed E-state index contributed by atoms with van der Waals surface area (Å²) in [6.45, 7) is 3.88. The van der Waals surface area contributed by atoms with Gasteiger partial charge in [0, 0.05) is 6.04 Å². The molecule has 7 heteroatoms. The molecular formula is C10H19N3O4. The van der Waals surface area contributed by atoms with Gasteiger partial charge in [-0.1, -0.05) is 6.92 Å². The van der Waals surface area contributed by atoms with E-state index in [0.29, 0.717) is 0 Å². The Labute approximate surface area is 99.7 Å². The van der Waals surface area contributed by atoms with Gasteiger partial charge in [-0.2, -0.15) is 0 Å². The second-order valence-corrected chi connectivity index (χ2v) is 3.82. The van der Waals surface area contributed by atoms with E-state index in [4.69, 9.17) is 10.8 Å². The lowest BCUT2D eigenvalue weighted by Crippen LogP contribution is -2.47. The molecule has 0 spiro atoms. The Kier molecular flexibility index (Phi) is 6.88. The minimum absolute atomic E-state index is 0.0115. The van der Waals surface area contributed by atoms with Crippen molar-refractivity contribution >= 4 is 17.8 Å². The summed E-state index contributed by atoms with van der Waals surface area (Å²) in [5, 5.41) is 13.9. The van der Waals surface area contributed by atoms with Crippen molar-refractivity contribution in [3.63, 3.8) is 0 Å². The molecule has 0 saturated heterocycles. The van der Waals surface area contributed by atoms with Crippen LogP contribution in [-0.2, 0) is 14.4 Å². The van der Waals surface area contributed by atoms with Crippen molar-refractivity contribution in [1.82, 2.24) is 10.6 Å². The topological polar surface area (TPSA) is 122 Å². The monoisotopic (exact) mass is 245 g/mol. The Balaban J connectivity index is 4.13. The van der Waals surface area contributed by atoms with Gasteiger partial charge in [0.2, 0.25) is 11.8 Å². The zero-order valence-electron chi connectivity index (χ0n) is 10.0. The molecule has 7 nitrogen and oxygen atoms in total. The number of nitrogens with one attached hydrogen (secondary N) is 2. The van der Waals surface area contributed by atoms with Crippen LogP contribution in [0.2, 0.25) is 0 Å². The van der Waals surface area contributed by atoms with E-state index in [0.717, 1.165) is 6.42 Å². The molecule has 98 valence electrons. The lowest BCUT2D eigenvalue weighted by atomic mass is 10.2. The van der Waals surface area contributed by atoms with Crippen LogP contribution in [0.5, 0.6) is 0 Å². The first-order chi connectivity index (χ1) is 7.86. The van der Waals surface area contributed by atoms with Crippen LogP contribution in [0, 0.1) is 0 Å². The van der Waals surface area contributed by atoms with Crippen LogP contribution in [0.1, 0.15) is 26.7 Å². The molecule has 2 amide bonds. The summed E-state index contributed by atoms with van der Waals surface area (Å²) < 4.78 is 0. The highest BCUT2D eigenvalue weighted by Gasteiger charge is 2.21. The second kappa shape index (κ2) is 7.61. The fourth-order valence-corrected chi connectivity index (χ4v) is 1.06. The van der Waals surface area contributed by atoms with Crippen LogP contribution >= 0.6 is 0 Å². The first-order valence-electron chi connectivity index (χ1n) is 5.40. The third-order valence-electron chi connectivity index (χ3n) is 2.26. The Hall–Kier alpha value is -1.63. The average Bonchev–Trinajstić information content (AvgIpc) is 2.24. The van der Waals surface area contributed by atoms with Gasteiger partial charge in [0.05, 0.1) is 13.0 Å². The number of amides is 2. The fourth-order valence-electron chi connectivity index (χ4n) is 1.06. The molecule has 0 heterocycles. The van der Waals surface area contributed by atoms with Crippen molar-refractivity contribution in [2.45, 2.75) is 38.8 Å². The van der Waals surface area contributed by atoms with E-state index in [1.54, 1.807) is 0 Å². The van der Waals surface area contributed by atoms with Crippen LogP contribution < -0.4 is 16.4 Å². The van der Waals surface area contributed by atoms with Gasteiger partial charge >= 0.3 is 5.97 Å². The predicted molar refractivity (Wildman–Crippen MR) is 61.1 cm³/mol. The highest BCUT2D eigenvalue weighted by atomic mass is 16.4. The van der Waals surface area contributed by atoms with Gasteiger partial charge in [-0.15, -0.1) is 0 Å².